The van der Waals surface area contributed by atoms with Gasteiger partial charge in [-0.25, -0.2) is 4.98 Å². The third-order valence-electron chi connectivity index (χ3n) is 3.01. The van der Waals surface area contributed by atoms with E-state index in [1.807, 2.05) is 42.5 Å². The van der Waals surface area contributed by atoms with Crippen molar-refractivity contribution in [3.05, 3.63) is 48.7 Å². The molecule has 1 aromatic carbocycles. The van der Waals surface area contributed by atoms with Gasteiger partial charge in [-0.1, -0.05) is 12.1 Å². The normalized spacial score (nSPS) is 10.6. The fourth-order valence-electron chi connectivity index (χ4n) is 2.10. The molecule has 0 bridgehead atoms. The summed E-state index contributed by atoms with van der Waals surface area (Å²) in [5, 5.41) is 0.862. The molecule has 94 valence electrons. The van der Waals surface area contributed by atoms with Gasteiger partial charge in [-0.2, -0.15) is 0 Å². The van der Waals surface area contributed by atoms with E-state index in [9.17, 15) is 0 Å². The Labute approximate surface area is 110 Å². The van der Waals surface area contributed by atoms with Crippen molar-refractivity contribution in [2.24, 2.45) is 0 Å². The van der Waals surface area contributed by atoms with Crippen LogP contribution in [0.3, 0.4) is 0 Å². The number of rotatable bonds is 2. The number of hydrogen-bond donors (Lipinski definition) is 1. The molecule has 0 saturated heterocycles. The lowest BCUT2D eigenvalue weighted by molar-refractivity contribution is 0.416. The lowest BCUT2D eigenvalue weighted by Crippen LogP contribution is -1.96. The Kier molecular flexibility index (Phi) is 2.76. The Morgan fingerprint density at radius 3 is 2.79 bits per heavy atom. The highest BCUT2D eigenvalue weighted by molar-refractivity contribution is 5.91. The third kappa shape index (κ3) is 1.97. The summed E-state index contributed by atoms with van der Waals surface area (Å²) in [6, 6.07) is 13.4. The van der Waals surface area contributed by atoms with Crippen LogP contribution in [0, 0.1) is 0 Å². The highest BCUT2D eigenvalue weighted by Crippen LogP contribution is 2.31. The summed E-state index contributed by atoms with van der Waals surface area (Å²) in [6.07, 6.45) is 1.74. The van der Waals surface area contributed by atoms with Crippen molar-refractivity contribution in [1.29, 1.82) is 0 Å². The molecule has 0 unspecified atom stereocenters. The maximum absolute atomic E-state index is 5.99. The van der Waals surface area contributed by atoms with E-state index in [-0.39, 0.29) is 0 Å². The number of ether oxygens (including phenoxy) is 1. The van der Waals surface area contributed by atoms with E-state index < -0.39 is 0 Å². The van der Waals surface area contributed by atoms with Crippen LogP contribution >= 0.6 is 0 Å². The number of hydrogen-bond acceptors (Lipinski definition) is 4. The smallest absolute Gasteiger partial charge is 0.133 e. The summed E-state index contributed by atoms with van der Waals surface area (Å²) in [5.41, 5.74) is 8.50. The van der Waals surface area contributed by atoms with Crippen molar-refractivity contribution >= 4 is 16.7 Å². The van der Waals surface area contributed by atoms with E-state index in [0.29, 0.717) is 5.82 Å². The molecule has 4 nitrogen and oxygen atoms in total. The summed E-state index contributed by atoms with van der Waals surface area (Å²) >= 11 is 0. The Hall–Kier alpha value is -2.62. The molecule has 0 aliphatic carbocycles. The highest BCUT2D eigenvalue weighted by Gasteiger charge is 2.09. The minimum Gasteiger partial charge on any atom is -0.496 e. The molecule has 4 heteroatoms. The van der Waals surface area contributed by atoms with E-state index in [4.69, 9.17) is 10.5 Å². The van der Waals surface area contributed by atoms with Crippen LogP contribution in [0.4, 0.5) is 5.82 Å². The molecule has 0 aliphatic heterocycles. The average Bonchev–Trinajstić information content (AvgIpc) is 2.47. The number of aromatic nitrogens is 2. The maximum atomic E-state index is 5.99. The molecule has 19 heavy (non-hydrogen) atoms. The molecule has 2 aromatic heterocycles. The SMILES string of the molecule is COc1ccccc1-c1cc2ncccc2c(N)n1. The number of anilines is 1. The van der Waals surface area contributed by atoms with Crippen molar-refractivity contribution < 1.29 is 4.74 Å². The van der Waals surface area contributed by atoms with Crippen molar-refractivity contribution in [2.75, 3.05) is 12.8 Å². The summed E-state index contributed by atoms with van der Waals surface area (Å²) in [4.78, 5) is 8.76. The van der Waals surface area contributed by atoms with Gasteiger partial charge in [0, 0.05) is 17.1 Å². The molecule has 0 saturated carbocycles. The molecule has 0 atom stereocenters. The van der Waals surface area contributed by atoms with Crippen LogP contribution in [0.15, 0.2) is 48.7 Å². The summed E-state index contributed by atoms with van der Waals surface area (Å²) < 4.78 is 5.35. The standard InChI is InChI=1S/C15H13N3O/c1-19-14-7-3-2-5-10(14)13-9-12-11(15(16)18-13)6-4-8-17-12/h2-9H,1H3,(H2,16,18). The molecule has 2 N–H and O–H groups in total. The van der Waals surface area contributed by atoms with Crippen molar-refractivity contribution in [3.8, 4) is 17.0 Å². The van der Waals surface area contributed by atoms with E-state index in [1.165, 1.54) is 0 Å². The molecule has 0 spiro atoms. The molecule has 3 rings (SSSR count). The predicted molar refractivity (Wildman–Crippen MR) is 75.9 cm³/mol. The van der Waals surface area contributed by atoms with Crippen LogP contribution in [-0.4, -0.2) is 17.1 Å². The van der Waals surface area contributed by atoms with Gasteiger partial charge in [-0.15, -0.1) is 0 Å². The monoisotopic (exact) mass is 251 g/mol. The number of nitrogens with zero attached hydrogens (tertiary/aromatic N) is 2. The number of benzene rings is 1. The van der Waals surface area contributed by atoms with Crippen LogP contribution < -0.4 is 10.5 Å². The predicted octanol–water partition coefficient (Wildman–Crippen LogP) is 2.89. The molecule has 0 fully saturated rings. The Balaban J connectivity index is 2.26. The second-order valence-corrected chi connectivity index (χ2v) is 4.16. The first-order chi connectivity index (χ1) is 9.29. The molecule has 3 aromatic rings. The van der Waals surface area contributed by atoms with E-state index >= 15 is 0 Å². The van der Waals surface area contributed by atoms with Crippen LogP contribution in [0.25, 0.3) is 22.2 Å². The average molecular weight is 251 g/mol. The van der Waals surface area contributed by atoms with Gasteiger partial charge < -0.3 is 10.5 Å². The Bertz CT molecular complexity index is 740. The van der Waals surface area contributed by atoms with Crippen LogP contribution in [-0.2, 0) is 0 Å². The first-order valence-electron chi connectivity index (χ1n) is 5.94. The van der Waals surface area contributed by atoms with Gasteiger partial charge >= 0.3 is 0 Å². The second kappa shape index (κ2) is 4.57. The van der Waals surface area contributed by atoms with Crippen molar-refractivity contribution in [3.63, 3.8) is 0 Å². The molecular formula is C15H13N3O. The van der Waals surface area contributed by atoms with Gasteiger partial charge in [0.1, 0.15) is 11.6 Å². The van der Waals surface area contributed by atoms with Gasteiger partial charge in [-0.05, 0) is 30.3 Å². The first kappa shape index (κ1) is 11.5. The zero-order chi connectivity index (χ0) is 13.2. The highest BCUT2D eigenvalue weighted by atomic mass is 16.5. The molecule has 0 amide bonds. The first-order valence-corrected chi connectivity index (χ1v) is 5.94. The fraction of sp³-hybridized carbons (Fsp3) is 0.0667. The van der Waals surface area contributed by atoms with E-state index in [0.717, 1.165) is 27.9 Å². The molecule has 0 radical (unpaired) electrons. The van der Waals surface area contributed by atoms with Crippen LogP contribution in [0.2, 0.25) is 0 Å². The second-order valence-electron chi connectivity index (χ2n) is 4.16. The van der Waals surface area contributed by atoms with Gasteiger partial charge in [-0.3, -0.25) is 4.98 Å². The van der Waals surface area contributed by atoms with Gasteiger partial charge in [0.25, 0.3) is 0 Å². The Morgan fingerprint density at radius 2 is 1.95 bits per heavy atom. The van der Waals surface area contributed by atoms with Crippen LogP contribution in [0.1, 0.15) is 0 Å². The molecular weight excluding hydrogens is 238 g/mol. The summed E-state index contributed by atoms with van der Waals surface area (Å²) in [7, 11) is 1.64. The third-order valence-corrected chi connectivity index (χ3v) is 3.01. The zero-order valence-corrected chi connectivity index (χ0v) is 10.5. The lowest BCUT2D eigenvalue weighted by atomic mass is 10.1. The van der Waals surface area contributed by atoms with Gasteiger partial charge in [0.05, 0.1) is 18.3 Å². The van der Waals surface area contributed by atoms with E-state index in [2.05, 4.69) is 9.97 Å². The Morgan fingerprint density at radius 1 is 1.11 bits per heavy atom. The largest absolute Gasteiger partial charge is 0.496 e. The van der Waals surface area contributed by atoms with Crippen LogP contribution in [0.5, 0.6) is 5.75 Å². The van der Waals surface area contributed by atoms with Crippen molar-refractivity contribution in [1.82, 2.24) is 9.97 Å². The minimum atomic E-state index is 0.478. The summed E-state index contributed by atoms with van der Waals surface area (Å²) in [6.45, 7) is 0. The minimum absolute atomic E-state index is 0.478. The maximum Gasteiger partial charge on any atom is 0.133 e. The zero-order valence-electron chi connectivity index (χ0n) is 10.5. The number of para-hydroxylation sites is 1. The summed E-state index contributed by atoms with van der Waals surface area (Å²) in [5.74, 6) is 1.25. The number of pyridine rings is 2. The van der Waals surface area contributed by atoms with Gasteiger partial charge in [0.15, 0.2) is 0 Å². The lowest BCUT2D eigenvalue weighted by Gasteiger charge is -2.09. The number of nitrogens with two attached hydrogens (primary N) is 1. The number of nitrogen functional groups attached to an aromatic ring is 1. The van der Waals surface area contributed by atoms with E-state index in [1.54, 1.807) is 13.3 Å². The quantitative estimate of drug-likeness (QED) is 0.760. The number of fused-ring (bicyclic) bond motifs is 1. The molecule has 0 aliphatic rings. The molecule has 2 heterocycles. The van der Waals surface area contributed by atoms with Crippen molar-refractivity contribution in [2.45, 2.75) is 0 Å². The topological polar surface area (TPSA) is 61.0 Å². The fourth-order valence-corrected chi connectivity index (χ4v) is 2.10. The number of methoxy groups -OCH3 is 1. The van der Waals surface area contributed by atoms with Gasteiger partial charge in [0.2, 0.25) is 0 Å².